The summed E-state index contributed by atoms with van der Waals surface area (Å²) >= 11 is 5.98. The highest BCUT2D eigenvalue weighted by atomic mass is 35.5. The quantitative estimate of drug-likeness (QED) is 0.493. The summed E-state index contributed by atoms with van der Waals surface area (Å²) in [7, 11) is 0. The van der Waals surface area contributed by atoms with Gasteiger partial charge in [0.05, 0.1) is 34.1 Å². The van der Waals surface area contributed by atoms with Crippen molar-refractivity contribution in [1.29, 1.82) is 0 Å². The summed E-state index contributed by atoms with van der Waals surface area (Å²) in [5.41, 5.74) is -0.713. The Kier molecular flexibility index (Phi) is 6.10. The van der Waals surface area contributed by atoms with Gasteiger partial charge < -0.3 is 25.0 Å². The Morgan fingerprint density at radius 2 is 1.95 bits per heavy atom. The molecule has 8 nitrogen and oxygen atoms in total. The molecule has 0 radical (unpaired) electrons. The maximum absolute atomic E-state index is 14.5. The van der Waals surface area contributed by atoms with Crippen LogP contribution in [0.4, 0.5) is 29.1 Å². The van der Waals surface area contributed by atoms with E-state index in [0.717, 1.165) is 43.6 Å². The number of nitrogens with one attached hydrogen (secondary N) is 1. The number of aromatic nitrogens is 2. The van der Waals surface area contributed by atoms with Crippen molar-refractivity contribution in [1.82, 2.24) is 20.2 Å². The van der Waals surface area contributed by atoms with Gasteiger partial charge in [0.1, 0.15) is 24.3 Å². The Morgan fingerprint density at radius 3 is 2.71 bits per heavy atom. The minimum absolute atomic E-state index is 0.000805. The fourth-order valence-corrected chi connectivity index (χ4v) is 7.59. The van der Waals surface area contributed by atoms with Crippen LogP contribution in [0.1, 0.15) is 51.7 Å². The van der Waals surface area contributed by atoms with E-state index in [1.807, 2.05) is 0 Å². The molecule has 0 amide bonds. The lowest BCUT2D eigenvalue weighted by Crippen LogP contribution is -2.52. The van der Waals surface area contributed by atoms with E-state index in [4.69, 9.17) is 24.1 Å². The third kappa shape index (κ3) is 4.95. The number of hydrogen-bond acceptors (Lipinski definition) is 8. The molecule has 0 aliphatic carbocycles. The van der Waals surface area contributed by atoms with Crippen LogP contribution in [-0.4, -0.2) is 83.1 Å². The molecule has 5 aliphatic rings. The number of piperazine rings is 1. The van der Waals surface area contributed by atoms with Crippen LogP contribution in [0.25, 0.3) is 0 Å². The Balaban J connectivity index is 1.23. The zero-order valence-electron chi connectivity index (χ0n) is 24.4. The first-order valence-corrected chi connectivity index (χ1v) is 14.5. The van der Waals surface area contributed by atoms with E-state index in [0.29, 0.717) is 36.4 Å². The summed E-state index contributed by atoms with van der Waals surface area (Å²) < 4.78 is 79.6. The van der Waals surface area contributed by atoms with Crippen molar-refractivity contribution in [2.45, 2.75) is 75.0 Å². The SMILES string of the molecule is [2H]C1([2H])CC[C@@]2(COc3nc4c(c(N5C[C@H]6CC[C@@H](C5)N6)n3)CCN(c3cc(O)cc(Cl)c3C(F)(F)F)C4)C[C@@H](F)CN12. The molecule has 222 valence electrons. The third-order valence-electron chi connectivity index (χ3n) is 9.13. The number of aromatic hydroxyl groups is 1. The molecular weight excluding hydrogens is 564 g/mol. The standard InChI is InChI=1S/C28H33ClF4N6O2/c29-21-8-19(40)9-23(24(21)28(31,32)33)37-7-4-20-22(14-37)35-26(36-25(20)38-12-17-2-3-18(13-38)34-17)41-15-27-5-1-6-39(27)11-16(30)10-27/h8-9,16-18,34,40H,1-7,10-15H2/t16-,17-,18+,27+/m1/s1/i6D2. The second-order valence-electron chi connectivity index (χ2n) is 11.9. The molecule has 1 aromatic carbocycles. The van der Waals surface area contributed by atoms with E-state index in [2.05, 4.69) is 15.2 Å². The average molecular weight is 599 g/mol. The highest BCUT2D eigenvalue weighted by molar-refractivity contribution is 6.32. The van der Waals surface area contributed by atoms with Gasteiger partial charge in [-0.1, -0.05) is 11.6 Å². The highest BCUT2D eigenvalue weighted by Crippen LogP contribution is 2.45. The lowest BCUT2D eigenvalue weighted by Gasteiger charge is -2.38. The molecule has 0 saturated carbocycles. The van der Waals surface area contributed by atoms with Gasteiger partial charge in [-0.3, -0.25) is 4.90 Å². The maximum Gasteiger partial charge on any atom is 0.419 e. The largest absolute Gasteiger partial charge is 0.508 e. The van der Waals surface area contributed by atoms with Crippen LogP contribution in [0, 0.1) is 0 Å². The van der Waals surface area contributed by atoms with Crippen LogP contribution in [0.15, 0.2) is 12.1 Å². The van der Waals surface area contributed by atoms with E-state index in [1.165, 1.54) is 4.90 Å². The number of alkyl halides is 4. The normalized spacial score (nSPS) is 31.6. The van der Waals surface area contributed by atoms with E-state index < -0.39 is 35.0 Å². The summed E-state index contributed by atoms with van der Waals surface area (Å²) in [6.45, 7) is 0.0638. The van der Waals surface area contributed by atoms with Crippen LogP contribution in [0.3, 0.4) is 0 Å². The van der Waals surface area contributed by atoms with Gasteiger partial charge in [-0.25, -0.2) is 4.39 Å². The number of rotatable bonds is 5. The first-order chi connectivity index (χ1) is 20.3. The molecule has 2 aromatic rings. The fraction of sp³-hybridized carbons (Fsp3) is 0.643. The lowest BCUT2D eigenvalue weighted by atomic mass is 9.95. The second kappa shape index (κ2) is 10.0. The number of fused-ring (bicyclic) bond motifs is 4. The molecule has 6 heterocycles. The zero-order chi connectivity index (χ0) is 30.3. The Bertz CT molecular complexity index is 1420. The second-order valence-corrected chi connectivity index (χ2v) is 12.3. The number of ether oxygens (including phenoxy) is 1. The molecular formula is C28H33ClF4N6O2. The molecule has 1 aromatic heterocycles. The van der Waals surface area contributed by atoms with Gasteiger partial charge >= 0.3 is 12.2 Å². The molecule has 4 saturated heterocycles. The van der Waals surface area contributed by atoms with E-state index in [-0.39, 0.29) is 56.5 Å². The smallest absolute Gasteiger partial charge is 0.419 e. The van der Waals surface area contributed by atoms with Crippen LogP contribution >= 0.6 is 11.6 Å². The Morgan fingerprint density at radius 1 is 1.17 bits per heavy atom. The number of anilines is 2. The fourth-order valence-electron chi connectivity index (χ4n) is 7.28. The molecule has 4 fully saturated rings. The Labute approximate surface area is 243 Å². The van der Waals surface area contributed by atoms with Crippen LogP contribution in [0.5, 0.6) is 11.8 Å². The summed E-state index contributed by atoms with van der Waals surface area (Å²) in [6.07, 6.45) is -2.58. The van der Waals surface area contributed by atoms with Crippen molar-refractivity contribution < 1.29 is 30.1 Å². The number of nitrogens with zero attached hydrogens (tertiary/aromatic N) is 5. The monoisotopic (exact) mass is 598 g/mol. The molecule has 0 spiro atoms. The van der Waals surface area contributed by atoms with Gasteiger partial charge in [-0.15, -0.1) is 0 Å². The van der Waals surface area contributed by atoms with Crippen molar-refractivity contribution in [2.75, 3.05) is 49.1 Å². The van der Waals surface area contributed by atoms with Gasteiger partial charge in [0.15, 0.2) is 0 Å². The van der Waals surface area contributed by atoms with E-state index in [1.54, 1.807) is 4.90 Å². The predicted molar refractivity (Wildman–Crippen MR) is 146 cm³/mol. The number of phenols is 1. The molecule has 4 atom stereocenters. The minimum atomic E-state index is -4.74. The lowest BCUT2D eigenvalue weighted by molar-refractivity contribution is -0.137. The molecule has 0 unspecified atom stereocenters. The highest BCUT2D eigenvalue weighted by Gasteiger charge is 2.49. The third-order valence-corrected chi connectivity index (χ3v) is 9.43. The van der Waals surface area contributed by atoms with Crippen LogP contribution in [-0.2, 0) is 19.1 Å². The van der Waals surface area contributed by atoms with Gasteiger partial charge in [0.25, 0.3) is 0 Å². The summed E-state index contributed by atoms with van der Waals surface area (Å²) in [6, 6.07) is 2.62. The average Bonchev–Trinajstić information content (AvgIpc) is 3.54. The molecule has 5 aliphatic heterocycles. The summed E-state index contributed by atoms with van der Waals surface area (Å²) in [4.78, 5) is 14.7. The van der Waals surface area contributed by atoms with Crippen molar-refractivity contribution in [3.63, 3.8) is 0 Å². The van der Waals surface area contributed by atoms with Crippen molar-refractivity contribution in [2.24, 2.45) is 0 Å². The van der Waals surface area contributed by atoms with Crippen molar-refractivity contribution >= 4 is 23.1 Å². The first kappa shape index (κ1) is 25.0. The van der Waals surface area contributed by atoms with E-state index in [9.17, 15) is 22.7 Å². The van der Waals surface area contributed by atoms with Crippen molar-refractivity contribution in [3.8, 4) is 11.8 Å². The summed E-state index contributed by atoms with van der Waals surface area (Å²) in [5.74, 6) is 0.319. The van der Waals surface area contributed by atoms with Crippen molar-refractivity contribution in [3.05, 3.63) is 34.0 Å². The number of halogens is 5. The first-order valence-electron chi connectivity index (χ1n) is 15.1. The zero-order valence-corrected chi connectivity index (χ0v) is 23.1. The number of benzene rings is 1. The molecule has 41 heavy (non-hydrogen) atoms. The Hall–Kier alpha value is -2.57. The molecule has 13 heteroatoms. The minimum Gasteiger partial charge on any atom is -0.508 e. The molecule has 2 bridgehead atoms. The van der Waals surface area contributed by atoms with Gasteiger partial charge in [0.2, 0.25) is 0 Å². The topological polar surface area (TPSA) is 77.0 Å². The van der Waals surface area contributed by atoms with Gasteiger partial charge in [-0.2, -0.15) is 23.1 Å². The van der Waals surface area contributed by atoms with Gasteiger partial charge in [-0.05, 0) is 44.7 Å². The summed E-state index contributed by atoms with van der Waals surface area (Å²) in [5, 5.41) is 13.1. The van der Waals surface area contributed by atoms with Crippen LogP contribution < -0.4 is 19.9 Å². The molecule has 2 N–H and O–H groups in total. The number of phenolic OH excluding ortho intramolecular Hbond substituents is 1. The van der Waals surface area contributed by atoms with Gasteiger partial charge in [0, 0.05) is 59.1 Å². The molecule has 7 rings (SSSR count). The number of hydrogen-bond donors (Lipinski definition) is 2. The van der Waals surface area contributed by atoms with Crippen LogP contribution in [0.2, 0.25) is 5.02 Å². The maximum atomic E-state index is 14.5. The predicted octanol–water partition coefficient (Wildman–Crippen LogP) is 4.31. The van der Waals surface area contributed by atoms with E-state index >= 15 is 0 Å².